The van der Waals surface area contributed by atoms with E-state index in [0.29, 0.717) is 0 Å². The van der Waals surface area contributed by atoms with Crippen LogP contribution in [0, 0.1) is 0 Å². The van der Waals surface area contributed by atoms with Crippen molar-refractivity contribution < 1.29 is 5.11 Å². The number of unbranched alkanes of at least 4 members (excludes halogenated alkanes) is 4. The summed E-state index contributed by atoms with van der Waals surface area (Å²) >= 11 is 1.58. The molecule has 0 bridgehead atoms. The Morgan fingerprint density at radius 3 is 2.50 bits per heavy atom. The van der Waals surface area contributed by atoms with Crippen molar-refractivity contribution in [3.05, 3.63) is 41.8 Å². The molecule has 0 aromatic heterocycles. The first-order valence-corrected chi connectivity index (χ1v) is 7.65. The second-order valence-corrected chi connectivity index (χ2v) is 5.80. The summed E-state index contributed by atoms with van der Waals surface area (Å²) in [6.45, 7) is 6.19. The smallest absolute Gasteiger partial charge is 0.0845 e. The maximum atomic E-state index is 10.0. The minimum atomic E-state index is -0.378. The van der Waals surface area contributed by atoms with Crippen molar-refractivity contribution >= 4 is 11.8 Å². The average Bonchev–Trinajstić information content (AvgIpc) is 2.39. The van der Waals surface area contributed by atoms with Crippen molar-refractivity contribution in [1.82, 2.24) is 0 Å². The Bertz CT molecular complexity index is 334. The lowest BCUT2D eigenvalue weighted by Crippen LogP contribution is -2.06. The van der Waals surface area contributed by atoms with E-state index in [-0.39, 0.29) is 6.10 Å². The van der Waals surface area contributed by atoms with Crippen molar-refractivity contribution in [3.63, 3.8) is 0 Å². The predicted molar refractivity (Wildman–Crippen MR) is 80.8 cm³/mol. The average molecular weight is 264 g/mol. The molecule has 0 spiro atoms. The molecule has 2 heteroatoms. The van der Waals surface area contributed by atoms with Crippen molar-refractivity contribution in [2.45, 2.75) is 56.4 Å². The lowest BCUT2D eigenvalue weighted by Gasteiger charge is -2.13. The fourth-order valence-corrected chi connectivity index (χ4v) is 2.66. The van der Waals surface area contributed by atoms with Crippen LogP contribution in [0.2, 0.25) is 0 Å². The Hall–Kier alpha value is -0.730. The highest BCUT2D eigenvalue weighted by molar-refractivity contribution is 8.03. The Balaban J connectivity index is 2.21. The molecule has 0 heterocycles. The van der Waals surface area contributed by atoms with E-state index in [2.05, 4.69) is 13.5 Å². The number of aliphatic hydroxyl groups excluding tert-OH is 1. The Morgan fingerprint density at radius 2 is 1.83 bits per heavy atom. The summed E-state index contributed by atoms with van der Waals surface area (Å²) in [7, 11) is 0. The summed E-state index contributed by atoms with van der Waals surface area (Å²) in [5, 5.41) is 10.0. The topological polar surface area (TPSA) is 20.2 Å². The monoisotopic (exact) mass is 264 g/mol. The third kappa shape index (κ3) is 6.27. The molecule has 1 rings (SSSR count). The van der Waals surface area contributed by atoms with Gasteiger partial charge in [0.2, 0.25) is 0 Å². The molecular weight excluding hydrogens is 240 g/mol. The third-order valence-electron chi connectivity index (χ3n) is 2.94. The van der Waals surface area contributed by atoms with Crippen LogP contribution in [0.4, 0.5) is 0 Å². The first-order chi connectivity index (χ1) is 8.74. The summed E-state index contributed by atoms with van der Waals surface area (Å²) < 4.78 is 0. The molecule has 1 N–H and O–H groups in total. The van der Waals surface area contributed by atoms with E-state index in [1.54, 1.807) is 11.8 Å². The molecule has 1 aromatic rings. The fraction of sp³-hybridized carbons (Fsp3) is 0.500. The largest absolute Gasteiger partial charge is 0.388 e. The Kier molecular flexibility index (Phi) is 7.86. The lowest BCUT2D eigenvalue weighted by atomic mass is 10.1. The lowest BCUT2D eigenvalue weighted by molar-refractivity contribution is 0.205. The molecule has 0 fully saturated rings. The zero-order valence-corrected chi connectivity index (χ0v) is 12.1. The number of hydrogen-bond donors (Lipinski definition) is 1. The Labute approximate surface area is 115 Å². The van der Waals surface area contributed by atoms with Crippen molar-refractivity contribution in [1.29, 1.82) is 0 Å². The van der Waals surface area contributed by atoms with Crippen LogP contribution >= 0.6 is 11.8 Å². The summed E-state index contributed by atoms with van der Waals surface area (Å²) in [4.78, 5) is 2.00. The molecule has 0 aliphatic carbocycles. The molecule has 0 aliphatic heterocycles. The zero-order valence-electron chi connectivity index (χ0n) is 11.3. The zero-order chi connectivity index (χ0) is 13.2. The second kappa shape index (κ2) is 9.23. The molecule has 1 unspecified atom stereocenters. The van der Waals surface area contributed by atoms with Crippen LogP contribution < -0.4 is 0 Å². The number of aliphatic hydroxyl groups is 1. The van der Waals surface area contributed by atoms with Gasteiger partial charge in [-0.3, -0.25) is 0 Å². The van der Waals surface area contributed by atoms with Gasteiger partial charge in [-0.25, -0.2) is 0 Å². The van der Waals surface area contributed by atoms with E-state index in [4.69, 9.17) is 0 Å². The van der Waals surface area contributed by atoms with Crippen LogP contribution in [0.3, 0.4) is 0 Å². The van der Waals surface area contributed by atoms with Crippen LogP contribution in [0.25, 0.3) is 0 Å². The van der Waals surface area contributed by atoms with Gasteiger partial charge >= 0.3 is 0 Å². The van der Waals surface area contributed by atoms with Crippen LogP contribution in [0.1, 0.15) is 45.4 Å². The number of rotatable bonds is 9. The quantitative estimate of drug-likeness (QED) is 0.499. The molecule has 0 saturated carbocycles. The van der Waals surface area contributed by atoms with E-state index >= 15 is 0 Å². The predicted octanol–water partition coefficient (Wildman–Crippen LogP) is 5.01. The first kappa shape index (κ1) is 15.3. The molecule has 0 saturated heterocycles. The highest BCUT2D eigenvalue weighted by Gasteiger charge is 2.09. The summed E-state index contributed by atoms with van der Waals surface area (Å²) in [5.41, 5.74) is 0. The van der Waals surface area contributed by atoms with Gasteiger partial charge in [-0.1, -0.05) is 75.6 Å². The maximum absolute atomic E-state index is 10.0. The fourth-order valence-electron chi connectivity index (χ4n) is 1.81. The van der Waals surface area contributed by atoms with E-state index in [9.17, 15) is 5.11 Å². The number of hydrogen-bond acceptors (Lipinski definition) is 2. The molecule has 0 amide bonds. The van der Waals surface area contributed by atoms with E-state index in [1.165, 1.54) is 25.7 Å². The Morgan fingerprint density at radius 1 is 1.17 bits per heavy atom. The van der Waals surface area contributed by atoms with E-state index in [0.717, 1.165) is 22.6 Å². The van der Waals surface area contributed by atoms with Gasteiger partial charge in [0.15, 0.2) is 0 Å². The van der Waals surface area contributed by atoms with Crippen LogP contribution in [0.5, 0.6) is 0 Å². The van der Waals surface area contributed by atoms with Gasteiger partial charge in [0.1, 0.15) is 0 Å². The van der Waals surface area contributed by atoms with Crippen LogP contribution in [0.15, 0.2) is 46.7 Å². The van der Waals surface area contributed by atoms with Crippen LogP contribution in [-0.2, 0) is 0 Å². The highest BCUT2D eigenvalue weighted by Crippen LogP contribution is 2.29. The van der Waals surface area contributed by atoms with Gasteiger partial charge in [-0.15, -0.1) is 0 Å². The van der Waals surface area contributed by atoms with E-state index in [1.807, 2.05) is 30.3 Å². The second-order valence-electron chi connectivity index (χ2n) is 4.60. The van der Waals surface area contributed by atoms with Crippen molar-refractivity contribution in [2.24, 2.45) is 0 Å². The third-order valence-corrected chi connectivity index (χ3v) is 3.99. The maximum Gasteiger partial charge on any atom is 0.0845 e. The number of thioether (sulfide) groups is 1. The van der Waals surface area contributed by atoms with Gasteiger partial charge in [0.05, 0.1) is 6.10 Å². The van der Waals surface area contributed by atoms with Crippen LogP contribution in [-0.4, -0.2) is 11.2 Å². The van der Waals surface area contributed by atoms with Crippen molar-refractivity contribution in [2.75, 3.05) is 0 Å². The standard InChI is InChI=1S/C16H24OS/c1-3-4-5-6-10-13-16(17)14(2)18-15-11-8-7-9-12-15/h7-9,11-12,16-17H,2-6,10,13H2,1H3. The molecule has 1 atom stereocenters. The summed E-state index contributed by atoms with van der Waals surface area (Å²) in [6, 6.07) is 10.1. The van der Waals surface area contributed by atoms with E-state index < -0.39 is 0 Å². The molecule has 1 aromatic carbocycles. The van der Waals surface area contributed by atoms with Crippen molar-refractivity contribution in [3.8, 4) is 0 Å². The van der Waals surface area contributed by atoms with Gasteiger partial charge in [-0.2, -0.15) is 0 Å². The minimum absolute atomic E-state index is 0.378. The minimum Gasteiger partial charge on any atom is -0.388 e. The first-order valence-electron chi connectivity index (χ1n) is 6.83. The van der Waals surface area contributed by atoms with Gasteiger partial charge in [0, 0.05) is 9.80 Å². The molecule has 100 valence electrons. The van der Waals surface area contributed by atoms with Gasteiger partial charge in [-0.05, 0) is 18.6 Å². The number of benzene rings is 1. The molecule has 0 aliphatic rings. The SMILES string of the molecule is C=C(Sc1ccccc1)C(O)CCCCCCC. The van der Waals surface area contributed by atoms with Gasteiger partial charge in [0.25, 0.3) is 0 Å². The molecule has 0 radical (unpaired) electrons. The summed E-state index contributed by atoms with van der Waals surface area (Å²) in [6.07, 6.45) is 6.61. The highest BCUT2D eigenvalue weighted by atomic mass is 32.2. The normalized spacial score (nSPS) is 12.3. The molecular formula is C16H24OS. The molecule has 1 nitrogen and oxygen atoms in total. The molecule has 18 heavy (non-hydrogen) atoms. The summed E-state index contributed by atoms with van der Waals surface area (Å²) in [5.74, 6) is 0. The van der Waals surface area contributed by atoms with Gasteiger partial charge < -0.3 is 5.11 Å².